The van der Waals surface area contributed by atoms with Gasteiger partial charge in [0.2, 0.25) is 11.8 Å². The standard InChI is InChI=1S/C24H26FN5O4/c25-19-9-16(12-26)8-18(10-19)21-6-7-34-30(21)24(32)17-3-1-2-15(4-5-17)13-33-22-11-20(23(27)31)28-14-29-22/h8-11,14-15,17,21H,1-7,13H2,(H2,27,31)/t15-,17-,21-/m0/s1. The number of ether oxygens (including phenoxy) is 1. The number of benzene rings is 1. The molecule has 10 heteroatoms. The third-order valence-corrected chi connectivity index (χ3v) is 6.35. The van der Waals surface area contributed by atoms with Crippen LogP contribution in [-0.2, 0) is 9.63 Å². The van der Waals surface area contributed by atoms with Crippen LogP contribution in [0.25, 0.3) is 0 Å². The molecule has 3 atom stereocenters. The molecule has 2 amide bonds. The summed E-state index contributed by atoms with van der Waals surface area (Å²) in [4.78, 5) is 38.1. The molecule has 0 bridgehead atoms. The van der Waals surface area contributed by atoms with Gasteiger partial charge in [0.05, 0.1) is 30.9 Å². The predicted octanol–water partition coefficient (Wildman–Crippen LogP) is 3.07. The lowest BCUT2D eigenvalue weighted by molar-refractivity contribution is -0.182. The fraction of sp³-hybridized carbons (Fsp3) is 0.458. The van der Waals surface area contributed by atoms with Crippen LogP contribution in [0.1, 0.15) is 66.2 Å². The number of hydrogen-bond donors (Lipinski definition) is 1. The Morgan fingerprint density at radius 1 is 1.18 bits per heavy atom. The normalized spacial score (nSPS) is 22.6. The molecule has 1 aliphatic carbocycles. The summed E-state index contributed by atoms with van der Waals surface area (Å²) in [6.07, 6.45) is 5.75. The van der Waals surface area contributed by atoms with Crippen LogP contribution in [0.3, 0.4) is 0 Å². The van der Waals surface area contributed by atoms with E-state index in [9.17, 15) is 14.0 Å². The highest BCUT2D eigenvalue weighted by Gasteiger charge is 2.36. The number of hydroxylamine groups is 2. The summed E-state index contributed by atoms with van der Waals surface area (Å²) in [7, 11) is 0. The zero-order valence-electron chi connectivity index (χ0n) is 18.7. The Morgan fingerprint density at radius 3 is 2.82 bits per heavy atom. The third-order valence-electron chi connectivity index (χ3n) is 6.35. The van der Waals surface area contributed by atoms with Gasteiger partial charge >= 0.3 is 0 Å². The van der Waals surface area contributed by atoms with Crippen molar-refractivity contribution in [2.24, 2.45) is 17.6 Å². The van der Waals surface area contributed by atoms with Crippen LogP contribution in [0.15, 0.2) is 30.6 Å². The Bertz CT molecular complexity index is 1110. The van der Waals surface area contributed by atoms with Crippen molar-refractivity contribution < 1.29 is 23.6 Å². The number of aromatic nitrogens is 2. The fourth-order valence-corrected chi connectivity index (χ4v) is 4.59. The van der Waals surface area contributed by atoms with Gasteiger partial charge in [-0.05, 0) is 55.4 Å². The molecule has 1 saturated carbocycles. The average molecular weight is 468 g/mol. The topological polar surface area (TPSA) is 131 Å². The second-order valence-electron chi connectivity index (χ2n) is 8.67. The van der Waals surface area contributed by atoms with Gasteiger partial charge in [-0.1, -0.05) is 6.42 Å². The van der Waals surface area contributed by atoms with Crippen LogP contribution in [0.5, 0.6) is 5.88 Å². The van der Waals surface area contributed by atoms with E-state index in [4.69, 9.17) is 20.6 Å². The molecule has 9 nitrogen and oxygen atoms in total. The first-order chi connectivity index (χ1) is 16.4. The summed E-state index contributed by atoms with van der Waals surface area (Å²) in [6.45, 7) is 0.781. The van der Waals surface area contributed by atoms with Crippen molar-refractivity contribution in [3.05, 3.63) is 53.2 Å². The Kier molecular flexibility index (Phi) is 7.33. The fourth-order valence-electron chi connectivity index (χ4n) is 4.59. The maximum absolute atomic E-state index is 14.0. The number of carbonyl (C=O) groups is 2. The Morgan fingerprint density at radius 2 is 2.03 bits per heavy atom. The Labute approximate surface area is 196 Å². The summed E-state index contributed by atoms with van der Waals surface area (Å²) < 4.78 is 19.7. The largest absolute Gasteiger partial charge is 0.477 e. The van der Waals surface area contributed by atoms with E-state index in [2.05, 4.69) is 9.97 Å². The number of halogens is 1. The van der Waals surface area contributed by atoms with E-state index >= 15 is 0 Å². The SMILES string of the molecule is N#Cc1cc(F)cc([C@@H]2CCON2C(=O)[C@H]2CCC[C@H](COc3cc(C(N)=O)ncn3)CC2)c1. The highest BCUT2D eigenvalue weighted by molar-refractivity contribution is 5.90. The number of primary amides is 1. The lowest BCUT2D eigenvalue weighted by atomic mass is 9.96. The maximum atomic E-state index is 14.0. The van der Waals surface area contributed by atoms with Gasteiger partial charge in [0.1, 0.15) is 17.8 Å². The summed E-state index contributed by atoms with van der Waals surface area (Å²) in [6, 6.07) is 7.11. The zero-order valence-corrected chi connectivity index (χ0v) is 18.7. The summed E-state index contributed by atoms with van der Waals surface area (Å²) in [5.41, 5.74) is 6.13. The number of carbonyl (C=O) groups excluding carboxylic acids is 2. The molecule has 0 spiro atoms. The molecule has 2 aliphatic rings. The number of nitriles is 1. The first-order valence-electron chi connectivity index (χ1n) is 11.4. The van der Waals surface area contributed by atoms with E-state index < -0.39 is 17.8 Å². The van der Waals surface area contributed by atoms with E-state index in [1.165, 1.54) is 29.6 Å². The van der Waals surface area contributed by atoms with E-state index in [1.807, 2.05) is 6.07 Å². The molecule has 0 unspecified atom stereocenters. The van der Waals surface area contributed by atoms with Crippen LogP contribution in [0, 0.1) is 29.0 Å². The summed E-state index contributed by atoms with van der Waals surface area (Å²) in [5.74, 6) is -0.920. The monoisotopic (exact) mass is 467 g/mol. The van der Waals surface area contributed by atoms with E-state index in [-0.39, 0.29) is 29.0 Å². The van der Waals surface area contributed by atoms with Crippen LogP contribution in [0.4, 0.5) is 4.39 Å². The van der Waals surface area contributed by atoms with Crippen molar-refractivity contribution in [1.82, 2.24) is 15.0 Å². The number of hydrogen-bond acceptors (Lipinski definition) is 7. The quantitative estimate of drug-likeness (QED) is 0.646. The van der Waals surface area contributed by atoms with Gasteiger partial charge in [-0.2, -0.15) is 5.26 Å². The molecule has 2 aromatic rings. The van der Waals surface area contributed by atoms with Crippen LogP contribution < -0.4 is 10.5 Å². The van der Waals surface area contributed by atoms with Gasteiger partial charge in [0.25, 0.3) is 5.91 Å². The number of amides is 2. The minimum Gasteiger partial charge on any atom is -0.477 e. The molecule has 1 aromatic carbocycles. The minimum atomic E-state index is -0.646. The van der Waals surface area contributed by atoms with Crippen molar-refractivity contribution in [3.63, 3.8) is 0 Å². The number of nitrogens with zero attached hydrogens (tertiary/aromatic N) is 4. The van der Waals surface area contributed by atoms with Crippen molar-refractivity contribution >= 4 is 11.8 Å². The van der Waals surface area contributed by atoms with E-state index in [0.717, 1.165) is 25.7 Å². The first-order valence-corrected chi connectivity index (χ1v) is 11.4. The molecule has 34 heavy (non-hydrogen) atoms. The highest BCUT2D eigenvalue weighted by Crippen LogP contribution is 2.36. The first kappa shape index (κ1) is 23.6. The van der Waals surface area contributed by atoms with Crippen molar-refractivity contribution in [3.8, 4) is 11.9 Å². The van der Waals surface area contributed by atoms with Gasteiger partial charge in [0, 0.05) is 18.4 Å². The van der Waals surface area contributed by atoms with Gasteiger partial charge in [-0.3, -0.25) is 14.4 Å². The van der Waals surface area contributed by atoms with Gasteiger partial charge in [-0.25, -0.2) is 19.4 Å². The molecular weight excluding hydrogens is 441 g/mol. The maximum Gasteiger partial charge on any atom is 0.267 e. The van der Waals surface area contributed by atoms with Gasteiger partial charge in [0.15, 0.2) is 0 Å². The number of nitrogens with two attached hydrogens (primary N) is 1. The molecule has 1 aromatic heterocycles. The van der Waals surface area contributed by atoms with Gasteiger partial charge in [-0.15, -0.1) is 0 Å². The summed E-state index contributed by atoms with van der Waals surface area (Å²) >= 11 is 0. The van der Waals surface area contributed by atoms with Crippen molar-refractivity contribution in [2.75, 3.05) is 13.2 Å². The smallest absolute Gasteiger partial charge is 0.267 e. The zero-order chi connectivity index (χ0) is 24.1. The van der Waals surface area contributed by atoms with Crippen LogP contribution >= 0.6 is 0 Å². The predicted molar refractivity (Wildman–Crippen MR) is 117 cm³/mol. The molecule has 2 fully saturated rings. The highest BCUT2D eigenvalue weighted by atomic mass is 19.1. The summed E-state index contributed by atoms with van der Waals surface area (Å²) in [5, 5.41) is 10.5. The second kappa shape index (κ2) is 10.6. The molecule has 2 N–H and O–H groups in total. The molecule has 1 saturated heterocycles. The van der Waals surface area contributed by atoms with Crippen molar-refractivity contribution in [2.45, 2.75) is 44.6 Å². The molecule has 2 heterocycles. The van der Waals surface area contributed by atoms with E-state index in [0.29, 0.717) is 37.5 Å². The molecular formula is C24H26FN5O4. The number of rotatable bonds is 6. The molecule has 4 rings (SSSR count). The van der Waals surface area contributed by atoms with Crippen molar-refractivity contribution in [1.29, 1.82) is 5.26 Å². The Hall–Kier alpha value is -3.58. The molecule has 1 aliphatic heterocycles. The molecule has 0 radical (unpaired) electrons. The lowest BCUT2D eigenvalue weighted by Crippen LogP contribution is -2.35. The van der Waals surface area contributed by atoms with E-state index in [1.54, 1.807) is 6.07 Å². The second-order valence-corrected chi connectivity index (χ2v) is 8.67. The average Bonchev–Trinajstić information content (AvgIpc) is 3.21. The third kappa shape index (κ3) is 5.48. The molecule has 178 valence electrons. The Balaban J connectivity index is 1.36. The van der Waals surface area contributed by atoms with Gasteiger partial charge < -0.3 is 10.5 Å². The lowest BCUT2D eigenvalue weighted by Gasteiger charge is -2.27. The minimum absolute atomic E-state index is 0.0943. The van der Waals surface area contributed by atoms with Crippen LogP contribution in [-0.4, -0.2) is 40.1 Å². The van der Waals surface area contributed by atoms with Crippen LogP contribution in [0.2, 0.25) is 0 Å².